The summed E-state index contributed by atoms with van der Waals surface area (Å²) in [6.07, 6.45) is 4.06. The van der Waals surface area contributed by atoms with Crippen molar-refractivity contribution in [1.82, 2.24) is 25.1 Å². The van der Waals surface area contributed by atoms with Gasteiger partial charge in [-0.1, -0.05) is 25.4 Å². The van der Waals surface area contributed by atoms with Gasteiger partial charge in [-0.05, 0) is 12.8 Å². The van der Waals surface area contributed by atoms with Crippen molar-refractivity contribution >= 4 is 23.5 Å². The Morgan fingerprint density at radius 2 is 1.90 bits per heavy atom. The van der Waals surface area contributed by atoms with Gasteiger partial charge in [0.2, 0.25) is 5.95 Å². The Morgan fingerprint density at radius 1 is 1.15 bits per heavy atom. The lowest BCUT2D eigenvalue weighted by Gasteiger charge is -2.06. The van der Waals surface area contributed by atoms with E-state index in [1.807, 2.05) is 13.8 Å². The molecule has 0 unspecified atom stereocenters. The van der Waals surface area contributed by atoms with Crippen molar-refractivity contribution in [2.45, 2.75) is 26.7 Å². The minimum absolute atomic E-state index is 0.135. The number of anilines is 1. The van der Waals surface area contributed by atoms with Crippen molar-refractivity contribution < 1.29 is 4.79 Å². The minimum Gasteiger partial charge on any atom is -0.288 e. The molecule has 2 aromatic heterocycles. The summed E-state index contributed by atoms with van der Waals surface area (Å²) in [7, 11) is 0. The SMILES string of the molecule is CCc1nnc(NC(=O)c2cnc(Cl)cn2)nc1CC. The van der Waals surface area contributed by atoms with Crippen LogP contribution in [0.4, 0.5) is 5.95 Å². The van der Waals surface area contributed by atoms with Gasteiger partial charge in [-0.3, -0.25) is 10.1 Å². The summed E-state index contributed by atoms with van der Waals surface area (Å²) in [4.78, 5) is 23.8. The lowest BCUT2D eigenvalue weighted by atomic mass is 10.2. The zero-order valence-corrected chi connectivity index (χ0v) is 11.8. The standard InChI is InChI=1S/C12H13ClN6O/c1-3-7-8(4-2)18-19-12(16-7)17-11(20)9-5-15-10(13)6-14-9/h5-6H,3-4H2,1-2H3,(H,16,17,19,20). The second kappa shape index (κ2) is 6.33. The summed E-state index contributed by atoms with van der Waals surface area (Å²) in [5.41, 5.74) is 1.78. The molecule has 20 heavy (non-hydrogen) atoms. The Kier molecular flexibility index (Phi) is 4.52. The maximum atomic E-state index is 11.9. The van der Waals surface area contributed by atoms with Gasteiger partial charge in [0.25, 0.3) is 5.91 Å². The highest BCUT2D eigenvalue weighted by Crippen LogP contribution is 2.08. The summed E-state index contributed by atoms with van der Waals surface area (Å²) >= 11 is 5.61. The zero-order chi connectivity index (χ0) is 14.5. The average molecular weight is 293 g/mol. The van der Waals surface area contributed by atoms with E-state index in [-0.39, 0.29) is 16.8 Å². The number of nitrogens with one attached hydrogen (secondary N) is 1. The molecule has 2 aromatic rings. The molecule has 2 rings (SSSR count). The third kappa shape index (κ3) is 3.24. The summed E-state index contributed by atoms with van der Waals surface area (Å²) < 4.78 is 0. The van der Waals surface area contributed by atoms with Gasteiger partial charge < -0.3 is 0 Å². The van der Waals surface area contributed by atoms with Crippen LogP contribution in [-0.4, -0.2) is 31.1 Å². The molecule has 0 saturated carbocycles. The maximum Gasteiger partial charge on any atom is 0.278 e. The molecular weight excluding hydrogens is 280 g/mol. The van der Waals surface area contributed by atoms with Crippen LogP contribution in [-0.2, 0) is 12.8 Å². The highest BCUT2D eigenvalue weighted by Gasteiger charge is 2.12. The fraction of sp³-hybridized carbons (Fsp3) is 0.333. The molecule has 0 aliphatic carbocycles. The first-order chi connectivity index (χ1) is 9.63. The third-order valence-electron chi connectivity index (χ3n) is 2.59. The highest BCUT2D eigenvalue weighted by atomic mass is 35.5. The van der Waals surface area contributed by atoms with Crippen LogP contribution in [0.5, 0.6) is 0 Å². The fourth-order valence-electron chi connectivity index (χ4n) is 1.59. The van der Waals surface area contributed by atoms with Gasteiger partial charge in [0.1, 0.15) is 10.8 Å². The monoisotopic (exact) mass is 292 g/mol. The Labute approximate surface area is 120 Å². The molecule has 2 heterocycles. The van der Waals surface area contributed by atoms with Gasteiger partial charge in [-0.2, -0.15) is 0 Å². The second-order valence-corrected chi connectivity index (χ2v) is 4.30. The molecule has 0 aliphatic rings. The number of rotatable bonds is 4. The normalized spacial score (nSPS) is 10.3. The van der Waals surface area contributed by atoms with E-state index in [9.17, 15) is 4.79 Å². The van der Waals surface area contributed by atoms with E-state index in [0.717, 1.165) is 24.2 Å². The lowest BCUT2D eigenvalue weighted by Crippen LogP contribution is -2.17. The second-order valence-electron chi connectivity index (χ2n) is 3.91. The molecule has 7 nitrogen and oxygen atoms in total. The molecule has 0 fully saturated rings. The van der Waals surface area contributed by atoms with Crippen molar-refractivity contribution in [1.29, 1.82) is 0 Å². The number of halogens is 1. The first kappa shape index (κ1) is 14.3. The Hall–Kier alpha value is -2.15. The Balaban J connectivity index is 2.17. The van der Waals surface area contributed by atoms with Crippen LogP contribution in [0.25, 0.3) is 0 Å². The van der Waals surface area contributed by atoms with Crippen LogP contribution in [0.2, 0.25) is 5.15 Å². The molecule has 0 bridgehead atoms. The third-order valence-corrected chi connectivity index (χ3v) is 2.78. The molecule has 0 aromatic carbocycles. The molecule has 0 spiro atoms. The topological polar surface area (TPSA) is 93.6 Å². The van der Waals surface area contributed by atoms with E-state index in [0.29, 0.717) is 0 Å². The zero-order valence-electron chi connectivity index (χ0n) is 11.1. The van der Waals surface area contributed by atoms with Gasteiger partial charge in [0.15, 0.2) is 0 Å². The number of aromatic nitrogens is 5. The van der Waals surface area contributed by atoms with Gasteiger partial charge in [0, 0.05) is 0 Å². The summed E-state index contributed by atoms with van der Waals surface area (Å²) in [5.74, 6) is -0.303. The minimum atomic E-state index is -0.456. The Bertz CT molecular complexity index is 616. The number of amides is 1. The van der Waals surface area contributed by atoms with E-state index in [1.54, 1.807) is 0 Å². The average Bonchev–Trinajstić information content (AvgIpc) is 2.47. The van der Waals surface area contributed by atoms with Gasteiger partial charge in [-0.25, -0.2) is 15.0 Å². The van der Waals surface area contributed by atoms with Crippen molar-refractivity contribution in [3.8, 4) is 0 Å². The van der Waals surface area contributed by atoms with Crippen LogP contribution >= 0.6 is 11.6 Å². The van der Waals surface area contributed by atoms with Crippen LogP contribution in [0.3, 0.4) is 0 Å². The largest absolute Gasteiger partial charge is 0.288 e. The number of nitrogens with zero attached hydrogens (tertiary/aromatic N) is 5. The predicted octanol–water partition coefficient (Wildman–Crippen LogP) is 1.69. The van der Waals surface area contributed by atoms with E-state index in [1.165, 1.54) is 12.4 Å². The molecule has 104 valence electrons. The molecule has 1 N–H and O–H groups in total. The molecule has 0 aliphatic heterocycles. The van der Waals surface area contributed by atoms with Gasteiger partial charge in [0.05, 0.1) is 23.8 Å². The number of hydrogen-bond acceptors (Lipinski definition) is 6. The summed E-state index contributed by atoms with van der Waals surface area (Å²) in [6, 6.07) is 0. The number of aryl methyl sites for hydroxylation is 2. The predicted molar refractivity (Wildman–Crippen MR) is 73.6 cm³/mol. The van der Waals surface area contributed by atoms with Gasteiger partial charge in [-0.15, -0.1) is 10.2 Å². The molecule has 1 amide bonds. The van der Waals surface area contributed by atoms with Crippen LogP contribution < -0.4 is 5.32 Å². The first-order valence-electron chi connectivity index (χ1n) is 6.15. The molecule has 0 atom stereocenters. The van der Waals surface area contributed by atoms with Crippen molar-refractivity contribution in [3.05, 3.63) is 34.6 Å². The van der Waals surface area contributed by atoms with E-state index >= 15 is 0 Å². The lowest BCUT2D eigenvalue weighted by molar-refractivity contribution is 0.102. The van der Waals surface area contributed by atoms with Crippen LogP contribution in [0.1, 0.15) is 35.7 Å². The number of carbonyl (C=O) groups is 1. The highest BCUT2D eigenvalue weighted by molar-refractivity contribution is 6.29. The van der Waals surface area contributed by atoms with Crippen LogP contribution in [0.15, 0.2) is 12.4 Å². The summed E-state index contributed by atoms with van der Waals surface area (Å²) in [5, 5.41) is 10.7. The fourth-order valence-corrected chi connectivity index (χ4v) is 1.68. The molecule has 0 saturated heterocycles. The molecular formula is C12H13ClN6O. The molecule has 8 heteroatoms. The van der Waals surface area contributed by atoms with E-state index < -0.39 is 5.91 Å². The summed E-state index contributed by atoms with van der Waals surface area (Å²) in [6.45, 7) is 3.95. The van der Waals surface area contributed by atoms with E-state index in [4.69, 9.17) is 11.6 Å². The first-order valence-corrected chi connectivity index (χ1v) is 6.53. The van der Waals surface area contributed by atoms with Crippen molar-refractivity contribution in [2.24, 2.45) is 0 Å². The van der Waals surface area contributed by atoms with Crippen molar-refractivity contribution in [2.75, 3.05) is 5.32 Å². The molecule has 0 radical (unpaired) electrons. The van der Waals surface area contributed by atoms with E-state index in [2.05, 4.69) is 30.5 Å². The van der Waals surface area contributed by atoms with Crippen LogP contribution in [0, 0.1) is 0 Å². The number of hydrogen-bond donors (Lipinski definition) is 1. The smallest absolute Gasteiger partial charge is 0.278 e. The number of carbonyl (C=O) groups excluding carboxylic acids is 1. The van der Waals surface area contributed by atoms with Crippen molar-refractivity contribution in [3.63, 3.8) is 0 Å². The van der Waals surface area contributed by atoms with Gasteiger partial charge >= 0.3 is 0 Å². The quantitative estimate of drug-likeness (QED) is 0.921. The Morgan fingerprint density at radius 3 is 2.50 bits per heavy atom. The maximum absolute atomic E-state index is 11.9.